The first-order valence-corrected chi connectivity index (χ1v) is 19.5. The predicted molar refractivity (Wildman–Crippen MR) is 189 cm³/mol. The van der Waals surface area contributed by atoms with E-state index in [9.17, 15) is 61.0 Å². The number of aliphatic hydroxyl groups excluding tert-OH is 11. The van der Waals surface area contributed by atoms with Crippen molar-refractivity contribution in [1.29, 1.82) is 0 Å². The maximum absolute atomic E-state index is 11.7. The van der Waals surface area contributed by atoms with Gasteiger partial charge in [-0.15, -0.1) is 0 Å². The molecule has 21 heteroatoms. The first kappa shape index (κ1) is 48.4. The lowest BCUT2D eigenvalue weighted by Crippen LogP contribution is -2.60. The molecule has 0 aromatic heterocycles. The van der Waals surface area contributed by atoms with Crippen molar-refractivity contribution >= 4 is 5.97 Å². The second-order valence-corrected chi connectivity index (χ2v) is 15.3. The summed E-state index contributed by atoms with van der Waals surface area (Å²) in [6.45, 7) is -0.445. The lowest BCUT2D eigenvalue weighted by Gasteiger charge is -2.44. The van der Waals surface area contributed by atoms with Crippen LogP contribution in [0.3, 0.4) is 0 Å². The number of hydrogen-bond donors (Lipinski definition) is 11. The topological polar surface area (TPSA) is 323 Å². The molecule has 0 bridgehead atoms. The molecular formula is C36H64O21. The number of ether oxygens (including phenoxy) is 9. The van der Waals surface area contributed by atoms with E-state index >= 15 is 0 Å². The highest BCUT2D eigenvalue weighted by Crippen LogP contribution is 2.33. The summed E-state index contributed by atoms with van der Waals surface area (Å²) < 4.78 is 50.6. The fraction of sp³-hybridized carbons (Fsp3) is 0.972. The molecule has 0 saturated carbocycles. The number of rotatable bonds is 20. The van der Waals surface area contributed by atoms with Gasteiger partial charge in [0.05, 0.1) is 115 Å². The van der Waals surface area contributed by atoms with Gasteiger partial charge in [0.2, 0.25) is 0 Å². The molecule has 57 heavy (non-hydrogen) atoms. The van der Waals surface area contributed by atoms with Crippen molar-refractivity contribution in [3.8, 4) is 0 Å². The highest BCUT2D eigenvalue weighted by molar-refractivity contribution is 5.65. The summed E-state index contributed by atoms with van der Waals surface area (Å²) >= 11 is 0. The van der Waals surface area contributed by atoms with Gasteiger partial charge in [-0.05, 0) is 6.42 Å². The van der Waals surface area contributed by atoms with Gasteiger partial charge >= 0.3 is 5.97 Å². The van der Waals surface area contributed by atoms with Crippen LogP contribution >= 0.6 is 0 Å². The van der Waals surface area contributed by atoms with E-state index in [2.05, 4.69) is 0 Å². The van der Waals surface area contributed by atoms with Crippen LogP contribution in [0.4, 0.5) is 0 Å². The SMILES string of the molecule is CC[C@@H]1C(CO)O[C@@H](COC[C@@H]2C(CO)O[C@@H](COC[C@@H]3C(COC(C)=O)O[C@@H](COC[C@@H]4C(CO)O[C@@H](COC)C(O)[C@@H]4O)C(O)[C@@H]3O)C(O)[C@@H]2O)C(O)[C@@H]1O. The Labute approximate surface area is 330 Å². The van der Waals surface area contributed by atoms with Gasteiger partial charge in [0, 0.05) is 37.7 Å². The van der Waals surface area contributed by atoms with Crippen molar-refractivity contribution in [3.63, 3.8) is 0 Å². The molecule has 0 amide bonds. The summed E-state index contributed by atoms with van der Waals surface area (Å²) in [6, 6.07) is 0. The first-order valence-electron chi connectivity index (χ1n) is 19.5. The number of carbonyl (C=O) groups is 1. The van der Waals surface area contributed by atoms with E-state index in [0.29, 0.717) is 6.42 Å². The molecule has 8 unspecified atom stereocenters. The van der Waals surface area contributed by atoms with Crippen molar-refractivity contribution in [1.82, 2.24) is 0 Å². The second-order valence-electron chi connectivity index (χ2n) is 15.3. The average Bonchev–Trinajstić information content (AvgIpc) is 3.19. The van der Waals surface area contributed by atoms with Crippen LogP contribution in [0, 0.1) is 23.7 Å². The molecule has 4 saturated heterocycles. The smallest absolute Gasteiger partial charge is 0.302 e. The standard InChI is InChI=1S/C36H64O21/c1-4-17-21(5-37)54-26(34(46)29(17)41)12-50-9-19-23(7-39)56-27(35(47)31(19)43)13-52-10-20-24(15-53-16(2)40)57-28(36(48)32(20)44)14-51-8-18-22(6-38)55-25(11-49-3)33(45)30(18)42/h17-39,41-48H,4-15H2,1-3H3/t17-,18-,19-,20-,21?,22?,23?,24?,25+,26+,27+,28+,29-,30-,31-,32-,33?,34?,35?,36?/m1/s1. The van der Waals surface area contributed by atoms with E-state index in [4.69, 9.17) is 42.6 Å². The Morgan fingerprint density at radius 2 is 0.754 bits per heavy atom. The third-order valence-electron chi connectivity index (χ3n) is 11.6. The molecular weight excluding hydrogens is 768 g/mol. The maximum atomic E-state index is 11.7. The largest absolute Gasteiger partial charge is 0.463 e. The molecule has 0 aromatic rings. The van der Waals surface area contributed by atoms with Crippen LogP contribution in [0.5, 0.6) is 0 Å². The number of carbonyl (C=O) groups excluding carboxylic acids is 1. The van der Waals surface area contributed by atoms with Crippen LogP contribution in [-0.4, -0.2) is 240 Å². The number of esters is 1. The van der Waals surface area contributed by atoms with Crippen LogP contribution in [-0.2, 0) is 47.4 Å². The molecule has 11 N–H and O–H groups in total. The van der Waals surface area contributed by atoms with Crippen molar-refractivity contribution in [2.45, 2.75) is 118 Å². The van der Waals surface area contributed by atoms with Crippen molar-refractivity contribution in [3.05, 3.63) is 0 Å². The summed E-state index contributed by atoms with van der Waals surface area (Å²) in [6.07, 6.45) is -18.5. The van der Waals surface area contributed by atoms with Gasteiger partial charge in [-0.3, -0.25) is 4.79 Å². The van der Waals surface area contributed by atoms with Gasteiger partial charge in [-0.25, -0.2) is 0 Å². The lowest BCUT2D eigenvalue weighted by atomic mass is 9.85. The Balaban J connectivity index is 1.29. The highest BCUT2D eigenvalue weighted by atomic mass is 16.6. The number of methoxy groups -OCH3 is 1. The monoisotopic (exact) mass is 832 g/mol. The van der Waals surface area contributed by atoms with Crippen LogP contribution < -0.4 is 0 Å². The van der Waals surface area contributed by atoms with Gasteiger partial charge in [-0.2, -0.15) is 0 Å². The van der Waals surface area contributed by atoms with Crippen LogP contribution in [0.2, 0.25) is 0 Å². The molecule has 4 rings (SSSR count). The number of aliphatic hydroxyl groups is 11. The molecule has 4 heterocycles. The van der Waals surface area contributed by atoms with Crippen LogP contribution in [0.15, 0.2) is 0 Å². The predicted octanol–water partition coefficient (Wildman–Crippen LogP) is -5.95. The molecule has 4 aliphatic rings. The van der Waals surface area contributed by atoms with E-state index in [1.165, 1.54) is 14.0 Å². The van der Waals surface area contributed by atoms with Gasteiger partial charge < -0.3 is 98.8 Å². The zero-order chi connectivity index (χ0) is 42.0. The van der Waals surface area contributed by atoms with Gasteiger partial charge in [0.15, 0.2) is 0 Å². The fourth-order valence-corrected chi connectivity index (χ4v) is 8.09. The Morgan fingerprint density at radius 1 is 0.439 bits per heavy atom. The van der Waals surface area contributed by atoms with Crippen molar-refractivity contribution < 1.29 is 104 Å². The second kappa shape index (κ2) is 23.1. The molecule has 0 aliphatic carbocycles. The van der Waals surface area contributed by atoms with Gasteiger partial charge in [-0.1, -0.05) is 6.92 Å². The summed E-state index contributed by atoms with van der Waals surface area (Å²) in [5.74, 6) is -3.89. The zero-order valence-corrected chi connectivity index (χ0v) is 32.5. The van der Waals surface area contributed by atoms with E-state index in [1.807, 2.05) is 0 Å². The van der Waals surface area contributed by atoms with E-state index in [1.54, 1.807) is 6.92 Å². The van der Waals surface area contributed by atoms with Crippen LogP contribution in [0.25, 0.3) is 0 Å². The molecule has 20 atom stereocenters. The summed E-state index contributed by atoms with van der Waals surface area (Å²) in [5.41, 5.74) is 0. The third kappa shape index (κ3) is 12.0. The Kier molecular flexibility index (Phi) is 19.6. The van der Waals surface area contributed by atoms with Gasteiger partial charge in [0.1, 0.15) is 55.4 Å². The summed E-state index contributed by atoms with van der Waals surface area (Å²) in [5, 5.41) is 116. The minimum atomic E-state index is -1.53. The van der Waals surface area contributed by atoms with E-state index in [0.717, 1.165) is 0 Å². The molecule has 0 aromatic carbocycles. The molecule has 334 valence electrons. The minimum absolute atomic E-state index is 0.0166. The lowest BCUT2D eigenvalue weighted by molar-refractivity contribution is -0.251. The Bertz CT molecular complexity index is 1170. The minimum Gasteiger partial charge on any atom is -0.463 e. The molecule has 4 aliphatic heterocycles. The molecule has 0 radical (unpaired) electrons. The summed E-state index contributed by atoms with van der Waals surface area (Å²) in [4.78, 5) is 11.7. The zero-order valence-electron chi connectivity index (χ0n) is 32.5. The number of hydrogen-bond acceptors (Lipinski definition) is 21. The third-order valence-corrected chi connectivity index (χ3v) is 11.6. The normalized spacial score (nSPS) is 44.2. The molecule has 21 nitrogen and oxygen atoms in total. The van der Waals surface area contributed by atoms with Crippen LogP contribution in [0.1, 0.15) is 20.3 Å². The van der Waals surface area contributed by atoms with E-state index < -0.39 is 141 Å². The highest BCUT2D eigenvalue weighted by Gasteiger charge is 2.49. The average molecular weight is 833 g/mol. The van der Waals surface area contributed by atoms with Gasteiger partial charge in [0.25, 0.3) is 0 Å². The first-order chi connectivity index (χ1) is 27.2. The maximum Gasteiger partial charge on any atom is 0.302 e. The van der Waals surface area contributed by atoms with E-state index in [-0.39, 0.29) is 59.5 Å². The quantitative estimate of drug-likeness (QED) is 0.0509. The molecule has 0 spiro atoms. The van der Waals surface area contributed by atoms with Crippen molar-refractivity contribution in [2.75, 3.05) is 79.8 Å². The van der Waals surface area contributed by atoms with Crippen molar-refractivity contribution in [2.24, 2.45) is 23.7 Å². The fourth-order valence-electron chi connectivity index (χ4n) is 8.09. The Morgan fingerprint density at radius 3 is 1.09 bits per heavy atom. The summed E-state index contributed by atoms with van der Waals surface area (Å²) in [7, 11) is 1.40. The Hall–Kier alpha value is -1.29. The molecule has 4 fully saturated rings.